The van der Waals surface area contributed by atoms with E-state index in [2.05, 4.69) is 15.0 Å². The van der Waals surface area contributed by atoms with Gasteiger partial charge in [0, 0.05) is 18.7 Å². The number of thioether (sulfide) groups is 1. The lowest BCUT2D eigenvalue weighted by Gasteiger charge is -2.19. The lowest BCUT2D eigenvalue weighted by Crippen LogP contribution is -2.42. The lowest BCUT2D eigenvalue weighted by atomic mass is 10.1. The van der Waals surface area contributed by atoms with Gasteiger partial charge in [-0.05, 0) is 31.2 Å². The summed E-state index contributed by atoms with van der Waals surface area (Å²) in [6.07, 6.45) is 0. The van der Waals surface area contributed by atoms with Crippen molar-refractivity contribution in [3.05, 3.63) is 35.4 Å². The summed E-state index contributed by atoms with van der Waals surface area (Å²) >= 11 is 1.16. The van der Waals surface area contributed by atoms with E-state index in [4.69, 9.17) is 5.26 Å². The van der Waals surface area contributed by atoms with Gasteiger partial charge < -0.3 is 15.0 Å². The standard InChI is InChI=1S/C17H18N4O4S/c1-10-14(16(24)19-9-13(22)25-3)26-17(21(10)2)20-15(23)12-6-4-11(8-18)5-7-12/h4-7,10,14H,9H2,1-3H3,(H,19,24). The van der Waals surface area contributed by atoms with Crippen LogP contribution in [0.25, 0.3) is 0 Å². The summed E-state index contributed by atoms with van der Waals surface area (Å²) in [6.45, 7) is 1.63. The lowest BCUT2D eigenvalue weighted by molar-refractivity contribution is -0.141. The van der Waals surface area contributed by atoms with E-state index in [1.54, 1.807) is 24.1 Å². The van der Waals surface area contributed by atoms with E-state index in [0.29, 0.717) is 16.3 Å². The fourth-order valence-electron chi connectivity index (χ4n) is 2.22. The molecule has 1 aromatic carbocycles. The molecule has 26 heavy (non-hydrogen) atoms. The van der Waals surface area contributed by atoms with Crippen LogP contribution in [0.15, 0.2) is 29.3 Å². The van der Waals surface area contributed by atoms with Crippen LogP contribution in [-0.2, 0) is 14.3 Å². The zero-order valence-corrected chi connectivity index (χ0v) is 15.4. The number of carbonyl (C=O) groups excluding carboxylic acids is 3. The summed E-state index contributed by atoms with van der Waals surface area (Å²) in [7, 11) is 2.99. The Hall–Kier alpha value is -2.86. The molecule has 1 N–H and O–H groups in total. The van der Waals surface area contributed by atoms with Crippen molar-refractivity contribution in [3.63, 3.8) is 0 Å². The van der Waals surface area contributed by atoms with E-state index in [-0.39, 0.29) is 18.5 Å². The van der Waals surface area contributed by atoms with E-state index in [0.717, 1.165) is 11.8 Å². The fraction of sp³-hybridized carbons (Fsp3) is 0.353. The van der Waals surface area contributed by atoms with Crippen molar-refractivity contribution < 1.29 is 19.1 Å². The Bertz CT molecular complexity index is 785. The maximum Gasteiger partial charge on any atom is 0.325 e. The van der Waals surface area contributed by atoms with Crippen LogP contribution in [0.4, 0.5) is 0 Å². The fourth-order valence-corrected chi connectivity index (χ4v) is 3.49. The van der Waals surface area contributed by atoms with Crippen molar-refractivity contribution in [3.8, 4) is 6.07 Å². The summed E-state index contributed by atoms with van der Waals surface area (Å²) < 4.78 is 4.49. The molecule has 136 valence electrons. The zero-order chi connectivity index (χ0) is 19.3. The van der Waals surface area contributed by atoms with Crippen molar-refractivity contribution in [2.24, 2.45) is 4.99 Å². The molecule has 0 radical (unpaired) electrons. The molecule has 2 atom stereocenters. The number of rotatable bonds is 4. The van der Waals surface area contributed by atoms with Crippen LogP contribution in [0.2, 0.25) is 0 Å². The number of benzene rings is 1. The maximum absolute atomic E-state index is 12.3. The van der Waals surface area contributed by atoms with E-state index in [1.807, 2.05) is 13.0 Å². The normalized spacial score (nSPS) is 20.5. The molecule has 0 aromatic heterocycles. The first-order valence-electron chi connectivity index (χ1n) is 7.74. The second-order valence-electron chi connectivity index (χ2n) is 5.57. The van der Waals surface area contributed by atoms with Crippen LogP contribution >= 0.6 is 11.8 Å². The van der Waals surface area contributed by atoms with Gasteiger partial charge in [-0.3, -0.25) is 14.4 Å². The van der Waals surface area contributed by atoms with Crippen LogP contribution in [-0.4, -0.2) is 59.8 Å². The summed E-state index contributed by atoms with van der Waals surface area (Å²) in [4.78, 5) is 41.5. The van der Waals surface area contributed by atoms with E-state index >= 15 is 0 Å². The number of esters is 1. The van der Waals surface area contributed by atoms with Crippen molar-refractivity contribution in [1.29, 1.82) is 5.26 Å². The Balaban J connectivity index is 2.08. The van der Waals surface area contributed by atoms with E-state index < -0.39 is 17.1 Å². The summed E-state index contributed by atoms with van der Waals surface area (Å²) in [6, 6.07) is 7.95. The minimum Gasteiger partial charge on any atom is -0.468 e. The molecule has 1 aliphatic rings. The number of amides is 2. The van der Waals surface area contributed by atoms with Crippen LogP contribution in [0.5, 0.6) is 0 Å². The monoisotopic (exact) mass is 374 g/mol. The minimum atomic E-state index is -0.535. The Morgan fingerprint density at radius 2 is 2.00 bits per heavy atom. The van der Waals surface area contributed by atoms with Crippen molar-refractivity contribution in [1.82, 2.24) is 10.2 Å². The summed E-state index contributed by atoms with van der Waals surface area (Å²) in [5, 5.41) is 11.2. The Morgan fingerprint density at radius 1 is 1.35 bits per heavy atom. The molecule has 2 rings (SSSR count). The highest BCUT2D eigenvalue weighted by molar-refractivity contribution is 8.15. The van der Waals surface area contributed by atoms with Gasteiger partial charge in [0.05, 0.1) is 18.7 Å². The number of nitrogens with one attached hydrogen (secondary N) is 1. The molecular weight excluding hydrogens is 356 g/mol. The van der Waals surface area contributed by atoms with Gasteiger partial charge in [0.25, 0.3) is 5.91 Å². The first-order chi connectivity index (χ1) is 12.4. The first-order valence-corrected chi connectivity index (χ1v) is 8.62. The van der Waals surface area contributed by atoms with Crippen molar-refractivity contribution in [2.75, 3.05) is 20.7 Å². The van der Waals surface area contributed by atoms with Gasteiger partial charge in [0.1, 0.15) is 11.8 Å². The average molecular weight is 374 g/mol. The Labute approximate surface area is 155 Å². The maximum atomic E-state index is 12.3. The van der Waals surface area contributed by atoms with Crippen LogP contribution < -0.4 is 5.32 Å². The number of ether oxygens (including phenoxy) is 1. The third-order valence-corrected chi connectivity index (χ3v) is 5.39. The van der Waals surface area contributed by atoms with Gasteiger partial charge in [-0.15, -0.1) is 0 Å². The first kappa shape index (κ1) is 19.5. The third kappa shape index (κ3) is 4.40. The topological polar surface area (TPSA) is 112 Å². The van der Waals surface area contributed by atoms with Gasteiger partial charge in [0.15, 0.2) is 5.17 Å². The largest absolute Gasteiger partial charge is 0.468 e. The van der Waals surface area contributed by atoms with Crippen LogP contribution in [0.3, 0.4) is 0 Å². The molecule has 2 amide bonds. The molecule has 0 saturated carbocycles. The molecule has 2 unspecified atom stereocenters. The Kier molecular flexibility index (Phi) is 6.36. The highest BCUT2D eigenvalue weighted by Gasteiger charge is 2.39. The molecule has 0 bridgehead atoms. The highest BCUT2D eigenvalue weighted by Crippen LogP contribution is 2.30. The van der Waals surface area contributed by atoms with Crippen molar-refractivity contribution >= 4 is 34.7 Å². The van der Waals surface area contributed by atoms with Gasteiger partial charge in [0.2, 0.25) is 5.91 Å². The summed E-state index contributed by atoms with van der Waals surface area (Å²) in [5.74, 6) is -1.31. The van der Waals surface area contributed by atoms with Gasteiger partial charge in [-0.25, -0.2) is 0 Å². The van der Waals surface area contributed by atoms with Crippen LogP contribution in [0.1, 0.15) is 22.8 Å². The quantitative estimate of drug-likeness (QED) is 0.775. The molecule has 8 nitrogen and oxygen atoms in total. The summed E-state index contributed by atoms with van der Waals surface area (Å²) in [5.41, 5.74) is 0.814. The zero-order valence-electron chi connectivity index (χ0n) is 14.6. The highest BCUT2D eigenvalue weighted by atomic mass is 32.2. The van der Waals surface area contributed by atoms with Gasteiger partial charge >= 0.3 is 5.97 Å². The molecule has 1 aromatic rings. The second kappa shape index (κ2) is 8.49. The number of carbonyl (C=O) groups is 3. The number of nitrogens with zero attached hydrogens (tertiary/aromatic N) is 3. The number of nitriles is 1. The van der Waals surface area contributed by atoms with E-state index in [1.165, 1.54) is 19.2 Å². The minimum absolute atomic E-state index is 0.204. The molecular formula is C17H18N4O4S. The molecule has 0 spiro atoms. The second-order valence-corrected chi connectivity index (χ2v) is 6.68. The predicted molar refractivity (Wildman–Crippen MR) is 96.6 cm³/mol. The van der Waals surface area contributed by atoms with Gasteiger partial charge in [-0.1, -0.05) is 11.8 Å². The number of amidine groups is 1. The molecule has 1 saturated heterocycles. The van der Waals surface area contributed by atoms with Crippen LogP contribution in [0, 0.1) is 11.3 Å². The molecule has 0 aliphatic carbocycles. The molecule has 9 heteroatoms. The molecule has 1 aliphatic heterocycles. The van der Waals surface area contributed by atoms with Gasteiger partial charge in [-0.2, -0.15) is 10.3 Å². The number of methoxy groups -OCH3 is 1. The predicted octanol–water partition coefficient (Wildman–Crippen LogP) is 0.779. The Morgan fingerprint density at radius 3 is 2.58 bits per heavy atom. The molecule has 1 heterocycles. The van der Waals surface area contributed by atoms with E-state index in [9.17, 15) is 14.4 Å². The molecule has 1 fully saturated rings. The SMILES string of the molecule is COC(=O)CNC(=O)C1SC(=NC(=O)c2ccc(C#N)cc2)N(C)C1C. The number of hydrogen-bond acceptors (Lipinski definition) is 6. The smallest absolute Gasteiger partial charge is 0.325 e. The number of aliphatic imine (C=N–C) groups is 1. The number of hydrogen-bond donors (Lipinski definition) is 1. The van der Waals surface area contributed by atoms with Crippen molar-refractivity contribution in [2.45, 2.75) is 18.2 Å². The third-order valence-electron chi connectivity index (χ3n) is 3.93. The average Bonchev–Trinajstić information content (AvgIpc) is 2.94.